The fourth-order valence-corrected chi connectivity index (χ4v) is 1.49. The number of ether oxygens (including phenoxy) is 1. The van der Waals surface area contributed by atoms with E-state index in [-0.39, 0.29) is 0 Å². The first-order valence-electron chi connectivity index (χ1n) is 5.83. The highest BCUT2D eigenvalue weighted by Gasteiger charge is 2.10. The van der Waals surface area contributed by atoms with Crippen molar-refractivity contribution >= 4 is 0 Å². The Morgan fingerprint density at radius 3 is 2.94 bits per heavy atom. The number of rotatable bonds is 9. The molecule has 5 nitrogen and oxygen atoms in total. The van der Waals surface area contributed by atoms with Crippen molar-refractivity contribution in [1.82, 2.24) is 19.8 Å². The van der Waals surface area contributed by atoms with Crippen LogP contribution in [0.3, 0.4) is 0 Å². The molecule has 0 aliphatic rings. The largest absolute Gasteiger partial charge is 0.383 e. The van der Waals surface area contributed by atoms with Crippen molar-refractivity contribution in [3.8, 4) is 0 Å². The van der Waals surface area contributed by atoms with Crippen LogP contribution in [-0.2, 0) is 11.3 Å². The number of hydrogen-bond donors (Lipinski definition) is 1. The first kappa shape index (κ1) is 15.0. The van der Waals surface area contributed by atoms with E-state index in [1.54, 1.807) is 7.11 Å². The highest BCUT2D eigenvalue weighted by molar-refractivity contribution is 4.92. The number of hydrogen-bond acceptors (Lipinski definition) is 4. The number of alkyl halides is 2. The average Bonchev–Trinajstić information content (AvgIpc) is 2.80. The Hall–Kier alpha value is -1.05. The van der Waals surface area contributed by atoms with Gasteiger partial charge in [-0.25, -0.2) is 4.98 Å². The quantitative estimate of drug-likeness (QED) is 0.673. The first-order chi connectivity index (χ1) is 8.65. The number of aromatic nitrogens is 2. The molecule has 0 saturated carbocycles. The molecule has 18 heavy (non-hydrogen) atoms. The molecule has 1 aromatic rings. The normalized spacial score (nSPS) is 11.7. The van der Waals surface area contributed by atoms with E-state index in [2.05, 4.69) is 15.2 Å². The third kappa shape index (κ3) is 5.07. The lowest BCUT2D eigenvalue weighted by molar-refractivity contribution is 0.0666. The molecule has 0 fully saturated rings. The molecule has 0 bridgehead atoms. The zero-order valence-corrected chi connectivity index (χ0v) is 10.8. The summed E-state index contributed by atoms with van der Waals surface area (Å²) in [6, 6.07) is 0. The second-order valence-electron chi connectivity index (χ2n) is 4.00. The van der Waals surface area contributed by atoms with Crippen LogP contribution in [-0.4, -0.2) is 54.8 Å². The van der Waals surface area contributed by atoms with Gasteiger partial charge in [0.1, 0.15) is 5.82 Å². The van der Waals surface area contributed by atoms with Crippen molar-refractivity contribution in [2.24, 2.45) is 0 Å². The summed E-state index contributed by atoms with van der Waals surface area (Å²) in [4.78, 5) is 6.00. The molecular formula is C11H20F2N4O. The topological polar surface area (TPSA) is 42.3 Å². The van der Waals surface area contributed by atoms with Crippen LogP contribution in [0.5, 0.6) is 0 Å². The summed E-state index contributed by atoms with van der Waals surface area (Å²) in [5.41, 5.74) is 0. The van der Waals surface area contributed by atoms with Crippen LogP contribution >= 0.6 is 0 Å². The third-order valence-electron chi connectivity index (χ3n) is 2.59. The Morgan fingerprint density at radius 1 is 1.50 bits per heavy atom. The van der Waals surface area contributed by atoms with E-state index in [9.17, 15) is 8.78 Å². The van der Waals surface area contributed by atoms with E-state index in [0.717, 1.165) is 24.2 Å². The maximum atomic E-state index is 12.5. The van der Waals surface area contributed by atoms with Crippen LogP contribution in [0.1, 0.15) is 12.4 Å². The standard InChI is InChI=1S/C11H20F2N4O/c1-16(7-8-18-2)5-3-14-9-10-15-4-6-17(10)11(12)13/h4,6,11,14H,3,5,7-9H2,1-2H3. The molecule has 0 saturated heterocycles. The molecular weight excluding hydrogens is 242 g/mol. The summed E-state index contributed by atoms with van der Waals surface area (Å²) in [6.07, 6.45) is 2.67. The Labute approximate surface area is 106 Å². The lowest BCUT2D eigenvalue weighted by atomic mass is 10.5. The van der Waals surface area contributed by atoms with E-state index < -0.39 is 6.55 Å². The molecule has 0 radical (unpaired) electrons. The molecule has 0 unspecified atom stereocenters. The first-order valence-corrected chi connectivity index (χ1v) is 5.83. The van der Waals surface area contributed by atoms with Gasteiger partial charge >= 0.3 is 6.55 Å². The number of imidazole rings is 1. The third-order valence-corrected chi connectivity index (χ3v) is 2.59. The lowest BCUT2D eigenvalue weighted by Crippen LogP contribution is -2.31. The van der Waals surface area contributed by atoms with Gasteiger partial charge in [0, 0.05) is 39.1 Å². The highest BCUT2D eigenvalue weighted by Crippen LogP contribution is 2.11. The van der Waals surface area contributed by atoms with Crippen molar-refractivity contribution in [3.63, 3.8) is 0 Å². The number of halogens is 2. The molecule has 104 valence electrons. The average molecular weight is 262 g/mol. The minimum atomic E-state index is -2.53. The molecule has 1 heterocycles. The Balaban J connectivity index is 2.19. The predicted molar refractivity (Wildman–Crippen MR) is 64.6 cm³/mol. The second-order valence-corrected chi connectivity index (χ2v) is 4.00. The molecule has 1 aromatic heterocycles. The van der Waals surface area contributed by atoms with E-state index in [1.807, 2.05) is 7.05 Å². The minimum absolute atomic E-state index is 0.343. The summed E-state index contributed by atoms with van der Waals surface area (Å²) in [6.45, 7) is 0.898. The summed E-state index contributed by atoms with van der Waals surface area (Å²) in [5, 5.41) is 3.09. The van der Waals surface area contributed by atoms with Crippen LogP contribution in [0.2, 0.25) is 0 Å². The van der Waals surface area contributed by atoms with Crippen LogP contribution < -0.4 is 5.32 Å². The molecule has 0 aromatic carbocycles. The van der Waals surface area contributed by atoms with Gasteiger partial charge in [0.2, 0.25) is 0 Å². The zero-order valence-electron chi connectivity index (χ0n) is 10.8. The Kier molecular flexibility index (Phi) is 6.77. The van der Waals surface area contributed by atoms with Crippen molar-refractivity contribution in [1.29, 1.82) is 0 Å². The van der Waals surface area contributed by atoms with Gasteiger partial charge in [-0.3, -0.25) is 4.57 Å². The van der Waals surface area contributed by atoms with Gasteiger partial charge in [-0.1, -0.05) is 0 Å². The summed E-state index contributed by atoms with van der Waals surface area (Å²) >= 11 is 0. The molecule has 1 N–H and O–H groups in total. The molecule has 0 spiro atoms. The van der Waals surface area contributed by atoms with Crippen molar-refractivity contribution in [2.75, 3.05) is 40.4 Å². The zero-order chi connectivity index (χ0) is 13.4. The second kappa shape index (κ2) is 8.12. The van der Waals surface area contributed by atoms with Gasteiger partial charge in [-0.15, -0.1) is 0 Å². The van der Waals surface area contributed by atoms with Crippen molar-refractivity contribution < 1.29 is 13.5 Å². The van der Waals surface area contributed by atoms with E-state index in [1.165, 1.54) is 12.4 Å². The monoisotopic (exact) mass is 262 g/mol. The van der Waals surface area contributed by atoms with E-state index >= 15 is 0 Å². The maximum absolute atomic E-state index is 12.5. The summed E-state index contributed by atoms with van der Waals surface area (Å²) in [7, 11) is 3.65. The van der Waals surface area contributed by atoms with E-state index in [4.69, 9.17) is 4.74 Å². The van der Waals surface area contributed by atoms with E-state index in [0.29, 0.717) is 19.0 Å². The molecule has 1 rings (SSSR count). The Bertz CT molecular complexity index is 333. The Morgan fingerprint density at radius 2 is 2.28 bits per heavy atom. The van der Waals surface area contributed by atoms with Gasteiger partial charge in [0.15, 0.2) is 0 Å². The van der Waals surface area contributed by atoms with Gasteiger partial charge in [-0.05, 0) is 7.05 Å². The van der Waals surface area contributed by atoms with Gasteiger partial charge < -0.3 is 15.0 Å². The van der Waals surface area contributed by atoms with Crippen LogP contribution in [0.15, 0.2) is 12.4 Å². The van der Waals surface area contributed by atoms with Gasteiger partial charge in [-0.2, -0.15) is 8.78 Å². The minimum Gasteiger partial charge on any atom is -0.383 e. The van der Waals surface area contributed by atoms with Gasteiger partial charge in [0.25, 0.3) is 0 Å². The number of methoxy groups -OCH3 is 1. The number of nitrogens with one attached hydrogen (secondary N) is 1. The maximum Gasteiger partial charge on any atom is 0.319 e. The summed E-state index contributed by atoms with van der Waals surface area (Å²) in [5.74, 6) is 0.351. The summed E-state index contributed by atoms with van der Waals surface area (Å²) < 4.78 is 30.8. The molecule has 0 aliphatic heterocycles. The molecule has 0 atom stereocenters. The SMILES string of the molecule is COCCN(C)CCNCc1nccn1C(F)F. The van der Waals surface area contributed by atoms with Gasteiger partial charge in [0.05, 0.1) is 13.2 Å². The predicted octanol–water partition coefficient (Wildman–Crippen LogP) is 0.946. The lowest BCUT2D eigenvalue weighted by Gasteiger charge is -2.16. The van der Waals surface area contributed by atoms with Crippen LogP contribution in [0.25, 0.3) is 0 Å². The number of nitrogens with zero attached hydrogens (tertiary/aromatic N) is 3. The molecule has 0 amide bonds. The highest BCUT2D eigenvalue weighted by atomic mass is 19.3. The number of likely N-dealkylation sites (N-methyl/N-ethyl adjacent to an activating group) is 1. The fourth-order valence-electron chi connectivity index (χ4n) is 1.49. The molecule has 0 aliphatic carbocycles. The van der Waals surface area contributed by atoms with Crippen LogP contribution in [0, 0.1) is 0 Å². The van der Waals surface area contributed by atoms with Crippen molar-refractivity contribution in [3.05, 3.63) is 18.2 Å². The fraction of sp³-hybridized carbons (Fsp3) is 0.727. The van der Waals surface area contributed by atoms with Crippen molar-refractivity contribution in [2.45, 2.75) is 13.1 Å². The van der Waals surface area contributed by atoms with Crippen LogP contribution in [0.4, 0.5) is 8.78 Å². The molecule has 7 heteroatoms. The smallest absolute Gasteiger partial charge is 0.319 e.